The van der Waals surface area contributed by atoms with E-state index in [9.17, 15) is 9.59 Å². The van der Waals surface area contributed by atoms with Gasteiger partial charge in [-0.2, -0.15) is 0 Å². The lowest BCUT2D eigenvalue weighted by molar-refractivity contribution is -0.117. The summed E-state index contributed by atoms with van der Waals surface area (Å²) < 4.78 is 0. The molecule has 0 aliphatic carbocycles. The van der Waals surface area contributed by atoms with E-state index in [1.807, 2.05) is 51.1 Å². The molecule has 4 nitrogen and oxygen atoms in total. The molecule has 0 aliphatic heterocycles. The number of carbonyl (C=O) groups excluding carboxylic acids is 2. The van der Waals surface area contributed by atoms with Crippen molar-refractivity contribution in [1.82, 2.24) is 10.3 Å². The first-order valence-electron chi connectivity index (χ1n) is 9.07. The first-order valence-corrected chi connectivity index (χ1v) is 9.07. The van der Waals surface area contributed by atoms with Gasteiger partial charge in [0, 0.05) is 24.6 Å². The molecule has 1 heterocycles. The molecular formula is C23H24N2O2. The van der Waals surface area contributed by atoms with Crippen molar-refractivity contribution < 1.29 is 9.59 Å². The summed E-state index contributed by atoms with van der Waals surface area (Å²) in [6.45, 7) is 5.76. The second-order valence-electron chi connectivity index (χ2n) is 7.83. The van der Waals surface area contributed by atoms with E-state index in [0.29, 0.717) is 12.1 Å². The number of Topliss-reactive ketones (excluding diaryl/α,β-unsaturated/α-hetero) is 1. The van der Waals surface area contributed by atoms with E-state index in [1.165, 1.54) is 0 Å². The molecule has 4 heteroatoms. The van der Waals surface area contributed by atoms with Crippen LogP contribution in [0.2, 0.25) is 0 Å². The van der Waals surface area contributed by atoms with E-state index in [4.69, 9.17) is 0 Å². The fourth-order valence-corrected chi connectivity index (χ4v) is 2.98. The highest BCUT2D eigenvalue weighted by Crippen LogP contribution is 2.17. The van der Waals surface area contributed by atoms with Crippen LogP contribution in [-0.2, 0) is 17.6 Å². The fraction of sp³-hybridized carbons (Fsp3) is 0.261. The molecule has 0 atom stereocenters. The van der Waals surface area contributed by atoms with Crippen LogP contribution in [0.4, 0.5) is 0 Å². The van der Waals surface area contributed by atoms with Gasteiger partial charge in [0.15, 0.2) is 0 Å². The summed E-state index contributed by atoms with van der Waals surface area (Å²) in [5.74, 6) is -0.120. The SMILES string of the molecule is CC(C)(C)NC(=O)c1cc(CC(=O)Cc2ccc3ccccc3c2)ccn1. The summed E-state index contributed by atoms with van der Waals surface area (Å²) in [4.78, 5) is 28.9. The van der Waals surface area contributed by atoms with Gasteiger partial charge in [-0.1, -0.05) is 42.5 Å². The quantitative estimate of drug-likeness (QED) is 0.745. The van der Waals surface area contributed by atoms with Crippen LogP contribution in [0, 0.1) is 0 Å². The maximum atomic E-state index is 12.5. The first kappa shape index (κ1) is 18.8. The Balaban J connectivity index is 1.68. The Hall–Kier alpha value is -3.01. The van der Waals surface area contributed by atoms with Crippen LogP contribution in [0.15, 0.2) is 60.8 Å². The molecule has 27 heavy (non-hydrogen) atoms. The Morgan fingerprint density at radius 3 is 2.26 bits per heavy atom. The number of nitrogens with zero attached hydrogens (tertiary/aromatic N) is 1. The van der Waals surface area contributed by atoms with E-state index in [-0.39, 0.29) is 23.7 Å². The highest BCUT2D eigenvalue weighted by Gasteiger charge is 2.17. The van der Waals surface area contributed by atoms with Crippen LogP contribution in [0.3, 0.4) is 0 Å². The van der Waals surface area contributed by atoms with Crippen molar-refractivity contribution in [2.24, 2.45) is 0 Å². The van der Waals surface area contributed by atoms with Crippen LogP contribution < -0.4 is 5.32 Å². The minimum absolute atomic E-state index is 0.110. The molecule has 1 aromatic heterocycles. The van der Waals surface area contributed by atoms with Gasteiger partial charge in [0.05, 0.1) is 0 Å². The molecule has 0 saturated carbocycles. The zero-order chi connectivity index (χ0) is 19.4. The third-order valence-electron chi connectivity index (χ3n) is 4.16. The molecule has 3 aromatic rings. The summed E-state index contributed by atoms with van der Waals surface area (Å²) in [5.41, 5.74) is 1.80. The number of nitrogens with one attached hydrogen (secondary N) is 1. The number of rotatable bonds is 5. The van der Waals surface area contributed by atoms with Crippen molar-refractivity contribution in [3.05, 3.63) is 77.6 Å². The fourth-order valence-electron chi connectivity index (χ4n) is 2.98. The lowest BCUT2D eigenvalue weighted by atomic mass is 10.00. The first-order chi connectivity index (χ1) is 12.8. The van der Waals surface area contributed by atoms with Gasteiger partial charge in [0.1, 0.15) is 11.5 Å². The molecule has 0 aliphatic rings. The standard InChI is InChI=1S/C23H24N2O2/c1-23(2,3)25-22(27)21-15-17(10-11-24-21)14-20(26)13-16-8-9-18-6-4-5-7-19(18)12-16/h4-12,15H,13-14H2,1-3H3,(H,25,27). The topological polar surface area (TPSA) is 59.1 Å². The van der Waals surface area contributed by atoms with Crippen molar-refractivity contribution in [2.45, 2.75) is 39.2 Å². The third-order valence-corrected chi connectivity index (χ3v) is 4.16. The molecule has 1 amide bonds. The molecule has 1 N–H and O–H groups in total. The van der Waals surface area contributed by atoms with Gasteiger partial charge in [-0.3, -0.25) is 14.6 Å². The minimum Gasteiger partial charge on any atom is -0.346 e. The van der Waals surface area contributed by atoms with Crippen molar-refractivity contribution >= 4 is 22.5 Å². The lowest BCUT2D eigenvalue weighted by Crippen LogP contribution is -2.40. The van der Waals surface area contributed by atoms with E-state index in [1.54, 1.807) is 18.3 Å². The molecule has 3 rings (SSSR count). The number of ketones is 1. The molecule has 0 saturated heterocycles. The third kappa shape index (κ3) is 5.23. The van der Waals surface area contributed by atoms with E-state index < -0.39 is 0 Å². The van der Waals surface area contributed by atoms with Crippen molar-refractivity contribution in [2.75, 3.05) is 0 Å². The summed E-state index contributed by atoms with van der Waals surface area (Å²) in [6.07, 6.45) is 2.23. The van der Waals surface area contributed by atoms with Gasteiger partial charge in [0.2, 0.25) is 0 Å². The summed E-state index contributed by atoms with van der Waals surface area (Å²) in [5, 5.41) is 5.18. The van der Waals surface area contributed by atoms with E-state index in [2.05, 4.69) is 22.4 Å². The number of carbonyl (C=O) groups is 2. The maximum absolute atomic E-state index is 12.5. The predicted octanol–water partition coefficient (Wildman–Crippen LogP) is 4.12. The zero-order valence-electron chi connectivity index (χ0n) is 16.0. The van der Waals surface area contributed by atoms with Crippen LogP contribution in [-0.4, -0.2) is 22.2 Å². The van der Waals surface area contributed by atoms with Crippen LogP contribution in [0.25, 0.3) is 10.8 Å². The molecule has 2 aromatic carbocycles. The Morgan fingerprint density at radius 2 is 1.56 bits per heavy atom. The monoisotopic (exact) mass is 360 g/mol. The number of benzene rings is 2. The van der Waals surface area contributed by atoms with Crippen LogP contribution in [0.1, 0.15) is 42.4 Å². The van der Waals surface area contributed by atoms with Crippen molar-refractivity contribution in [1.29, 1.82) is 0 Å². The van der Waals surface area contributed by atoms with E-state index >= 15 is 0 Å². The van der Waals surface area contributed by atoms with Crippen molar-refractivity contribution in [3.63, 3.8) is 0 Å². The number of pyridine rings is 1. The Kier molecular flexibility index (Phi) is 5.36. The summed E-state index contributed by atoms with van der Waals surface area (Å²) >= 11 is 0. The maximum Gasteiger partial charge on any atom is 0.270 e. The molecule has 0 unspecified atom stereocenters. The second-order valence-corrected chi connectivity index (χ2v) is 7.83. The number of aromatic nitrogens is 1. The van der Waals surface area contributed by atoms with Gasteiger partial charge in [-0.25, -0.2) is 0 Å². The predicted molar refractivity (Wildman–Crippen MR) is 108 cm³/mol. The molecule has 0 radical (unpaired) electrons. The van der Waals surface area contributed by atoms with Gasteiger partial charge in [0.25, 0.3) is 5.91 Å². The summed E-state index contributed by atoms with van der Waals surface area (Å²) in [7, 11) is 0. The molecule has 0 spiro atoms. The summed E-state index contributed by atoms with van der Waals surface area (Å²) in [6, 6.07) is 17.7. The normalized spacial score (nSPS) is 11.4. The van der Waals surface area contributed by atoms with Crippen LogP contribution >= 0.6 is 0 Å². The molecule has 138 valence electrons. The molecule has 0 fully saturated rings. The molecule has 0 bridgehead atoms. The number of hydrogen-bond acceptors (Lipinski definition) is 3. The molecular weight excluding hydrogens is 336 g/mol. The Bertz CT molecular complexity index is 987. The smallest absolute Gasteiger partial charge is 0.270 e. The van der Waals surface area contributed by atoms with Crippen molar-refractivity contribution in [3.8, 4) is 0 Å². The number of fused-ring (bicyclic) bond motifs is 1. The largest absolute Gasteiger partial charge is 0.346 e. The average molecular weight is 360 g/mol. The Labute approximate surface area is 159 Å². The van der Waals surface area contributed by atoms with Gasteiger partial charge >= 0.3 is 0 Å². The lowest BCUT2D eigenvalue weighted by Gasteiger charge is -2.20. The average Bonchev–Trinajstić information content (AvgIpc) is 2.60. The van der Waals surface area contributed by atoms with Crippen LogP contribution in [0.5, 0.6) is 0 Å². The Morgan fingerprint density at radius 1 is 0.889 bits per heavy atom. The second kappa shape index (κ2) is 7.70. The number of hydrogen-bond donors (Lipinski definition) is 1. The zero-order valence-corrected chi connectivity index (χ0v) is 16.0. The van der Waals surface area contributed by atoms with Gasteiger partial charge < -0.3 is 5.32 Å². The van der Waals surface area contributed by atoms with Gasteiger partial charge in [-0.15, -0.1) is 0 Å². The van der Waals surface area contributed by atoms with E-state index in [0.717, 1.165) is 21.9 Å². The minimum atomic E-state index is -0.333. The van der Waals surface area contributed by atoms with Gasteiger partial charge in [-0.05, 0) is 54.8 Å². The number of amides is 1. The highest BCUT2D eigenvalue weighted by atomic mass is 16.2. The highest BCUT2D eigenvalue weighted by molar-refractivity contribution is 5.93.